The Balaban J connectivity index is 2.03. The van der Waals surface area contributed by atoms with Crippen molar-refractivity contribution < 1.29 is 18.9 Å². The average Bonchev–Trinajstić information content (AvgIpc) is 2.63. The minimum absolute atomic E-state index is 0.0862. The van der Waals surface area contributed by atoms with Gasteiger partial charge in [0.2, 0.25) is 5.95 Å². The predicted octanol–water partition coefficient (Wildman–Crippen LogP) is 4.04. The van der Waals surface area contributed by atoms with Crippen molar-refractivity contribution >= 4 is 34.4 Å². The highest BCUT2D eigenvalue weighted by molar-refractivity contribution is 14.1. The maximum Gasteiger partial charge on any atom is 0.222 e. The molecule has 0 atom stereocenters. The highest BCUT2D eigenvalue weighted by atomic mass is 127. The van der Waals surface area contributed by atoms with E-state index in [1.807, 2.05) is 26.0 Å². The van der Waals surface area contributed by atoms with Crippen molar-refractivity contribution in [2.75, 3.05) is 31.8 Å². The van der Waals surface area contributed by atoms with Crippen LogP contribution in [0.4, 0.5) is 11.8 Å². The lowest BCUT2D eigenvalue weighted by Crippen LogP contribution is -2.38. The quantitative estimate of drug-likeness (QED) is 0.575. The molecule has 1 aromatic heterocycles. The number of methoxy groups -OCH3 is 1. The van der Waals surface area contributed by atoms with Gasteiger partial charge >= 0.3 is 0 Å². The Morgan fingerprint density at radius 1 is 1.14 bits per heavy atom. The van der Waals surface area contributed by atoms with Gasteiger partial charge in [0.05, 0.1) is 35.5 Å². The largest absolute Gasteiger partial charge is 0.496 e. The number of aromatic nitrogens is 2. The lowest BCUT2D eigenvalue weighted by atomic mass is 10.0. The fourth-order valence-corrected chi connectivity index (χ4v) is 3.75. The van der Waals surface area contributed by atoms with E-state index < -0.39 is 5.79 Å². The number of nitrogens with two attached hydrogens (primary N) is 2. The van der Waals surface area contributed by atoms with Gasteiger partial charge in [0.15, 0.2) is 17.4 Å². The summed E-state index contributed by atoms with van der Waals surface area (Å²) in [5.41, 5.74) is 13.6. The molecule has 0 radical (unpaired) electrons. The number of hydrogen-bond acceptors (Lipinski definition) is 8. The summed E-state index contributed by atoms with van der Waals surface area (Å²) >= 11 is 2.21. The summed E-state index contributed by atoms with van der Waals surface area (Å²) in [6, 6.07) is 3.90. The van der Waals surface area contributed by atoms with Crippen LogP contribution in [0, 0.1) is 3.57 Å². The van der Waals surface area contributed by atoms with Gasteiger partial charge in [0.1, 0.15) is 11.5 Å². The second-order valence-electron chi connectivity index (χ2n) is 7.68. The standard InChI is InChI=1S/C20H27IN4O4/c1-10(2)12-6-15(26-5)13(21)7-14(12)29-17-16(24-19(23)25-18(17)22)11-8-27-20(3,4)28-9-11/h6-7,10-11H,8-9H2,1-5H3,(H4,22,23,24,25). The number of benzene rings is 1. The Kier molecular flexibility index (Phi) is 6.39. The van der Waals surface area contributed by atoms with Crippen LogP contribution in [-0.2, 0) is 9.47 Å². The summed E-state index contributed by atoms with van der Waals surface area (Å²) in [7, 11) is 1.65. The van der Waals surface area contributed by atoms with Crippen LogP contribution in [0.15, 0.2) is 12.1 Å². The van der Waals surface area contributed by atoms with Gasteiger partial charge in [-0.25, -0.2) is 4.98 Å². The van der Waals surface area contributed by atoms with E-state index in [4.69, 9.17) is 30.4 Å². The predicted molar refractivity (Wildman–Crippen MR) is 119 cm³/mol. The van der Waals surface area contributed by atoms with Crippen LogP contribution in [0.25, 0.3) is 0 Å². The van der Waals surface area contributed by atoms with Crippen molar-refractivity contribution in [1.82, 2.24) is 9.97 Å². The Morgan fingerprint density at radius 2 is 1.79 bits per heavy atom. The van der Waals surface area contributed by atoms with E-state index in [2.05, 4.69) is 46.4 Å². The highest BCUT2D eigenvalue weighted by Gasteiger charge is 2.33. The molecule has 1 aromatic carbocycles. The van der Waals surface area contributed by atoms with E-state index in [0.29, 0.717) is 30.4 Å². The average molecular weight is 514 g/mol. The molecule has 0 spiro atoms. The molecule has 2 heterocycles. The number of ether oxygens (including phenoxy) is 4. The molecule has 158 valence electrons. The Labute approximate surface area is 184 Å². The Morgan fingerprint density at radius 3 is 2.38 bits per heavy atom. The first-order chi connectivity index (χ1) is 13.6. The molecule has 4 N–H and O–H groups in total. The second-order valence-corrected chi connectivity index (χ2v) is 8.84. The van der Waals surface area contributed by atoms with Crippen molar-refractivity contribution in [3.63, 3.8) is 0 Å². The fourth-order valence-electron chi connectivity index (χ4n) is 3.09. The van der Waals surface area contributed by atoms with Crippen molar-refractivity contribution in [3.8, 4) is 17.2 Å². The fraction of sp³-hybridized carbons (Fsp3) is 0.500. The first-order valence-electron chi connectivity index (χ1n) is 9.37. The molecule has 0 saturated carbocycles. The number of anilines is 2. The summed E-state index contributed by atoms with van der Waals surface area (Å²) in [4.78, 5) is 8.50. The van der Waals surface area contributed by atoms with Crippen molar-refractivity contribution in [2.24, 2.45) is 0 Å². The van der Waals surface area contributed by atoms with E-state index in [-0.39, 0.29) is 23.6 Å². The molecular formula is C20H27IN4O4. The minimum atomic E-state index is -0.640. The molecule has 1 aliphatic heterocycles. The number of nitrogen functional groups attached to an aromatic ring is 2. The zero-order valence-corrected chi connectivity index (χ0v) is 19.4. The lowest BCUT2D eigenvalue weighted by Gasteiger charge is -2.35. The minimum Gasteiger partial charge on any atom is -0.496 e. The zero-order valence-electron chi connectivity index (χ0n) is 17.3. The molecule has 0 bridgehead atoms. The molecule has 3 rings (SSSR count). The first kappa shape index (κ1) is 21.8. The van der Waals surface area contributed by atoms with Gasteiger partial charge in [0.25, 0.3) is 0 Å². The molecule has 2 aromatic rings. The maximum absolute atomic E-state index is 6.30. The lowest BCUT2D eigenvalue weighted by molar-refractivity contribution is -0.251. The monoisotopic (exact) mass is 514 g/mol. The SMILES string of the molecule is COc1cc(C(C)C)c(Oc2c(N)nc(N)nc2C2COC(C)(C)OC2)cc1I. The third-order valence-corrected chi connectivity index (χ3v) is 5.55. The highest BCUT2D eigenvalue weighted by Crippen LogP contribution is 2.41. The normalized spacial score (nSPS) is 16.8. The molecule has 0 amide bonds. The molecule has 0 unspecified atom stereocenters. The van der Waals surface area contributed by atoms with E-state index in [9.17, 15) is 0 Å². The van der Waals surface area contributed by atoms with Crippen LogP contribution < -0.4 is 20.9 Å². The summed E-state index contributed by atoms with van der Waals surface area (Å²) in [6.45, 7) is 8.74. The van der Waals surface area contributed by atoms with E-state index in [1.165, 1.54) is 0 Å². The molecule has 8 nitrogen and oxygen atoms in total. The van der Waals surface area contributed by atoms with Crippen LogP contribution in [0.1, 0.15) is 50.8 Å². The Bertz CT molecular complexity index is 895. The second kappa shape index (κ2) is 8.49. The van der Waals surface area contributed by atoms with Crippen LogP contribution >= 0.6 is 22.6 Å². The van der Waals surface area contributed by atoms with Crippen molar-refractivity contribution in [3.05, 3.63) is 27.0 Å². The number of hydrogen-bond donors (Lipinski definition) is 2. The van der Waals surface area contributed by atoms with E-state index in [0.717, 1.165) is 14.9 Å². The van der Waals surface area contributed by atoms with Gasteiger partial charge in [0, 0.05) is 5.56 Å². The van der Waals surface area contributed by atoms with Crippen molar-refractivity contribution in [1.29, 1.82) is 0 Å². The smallest absolute Gasteiger partial charge is 0.222 e. The van der Waals surface area contributed by atoms with Crippen LogP contribution in [-0.4, -0.2) is 36.1 Å². The summed E-state index contributed by atoms with van der Waals surface area (Å²) in [5, 5.41) is 0. The Hall–Kier alpha value is -1.85. The summed E-state index contributed by atoms with van der Waals surface area (Å²) in [5.74, 6) is 1.49. The molecular weight excluding hydrogens is 487 g/mol. The van der Waals surface area contributed by atoms with Gasteiger partial charge < -0.3 is 30.4 Å². The first-order valence-corrected chi connectivity index (χ1v) is 10.4. The molecule has 9 heteroatoms. The van der Waals surface area contributed by atoms with Crippen LogP contribution in [0.3, 0.4) is 0 Å². The molecule has 1 aliphatic rings. The van der Waals surface area contributed by atoms with Gasteiger partial charge in [-0.2, -0.15) is 4.98 Å². The van der Waals surface area contributed by atoms with Crippen LogP contribution in [0.5, 0.6) is 17.2 Å². The third-order valence-electron chi connectivity index (χ3n) is 4.70. The maximum atomic E-state index is 6.30. The van der Waals surface area contributed by atoms with Crippen molar-refractivity contribution in [2.45, 2.75) is 45.3 Å². The van der Waals surface area contributed by atoms with Gasteiger partial charge in [-0.1, -0.05) is 13.8 Å². The van der Waals surface area contributed by atoms with Gasteiger partial charge in [-0.3, -0.25) is 0 Å². The molecule has 0 aliphatic carbocycles. The topological polar surface area (TPSA) is 115 Å². The molecule has 1 fully saturated rings. The van der Waals surface area contributed by atoms with Gasteiger partial charge in [-0.05, 0) is 54.5 Å². The number of halogens is 1. The van der Waals surface area contributed by atoms with Crippen LogP contribution in [0.2, 0.25) is 0 Å². The summed E-state index contributed by atoms with van der Waals surface area (Å²) in [6.07, 6.45) is 0. The zero-order chi connectivity index (χ0) is 21.3. The molecule has 1 saturated heterocycles. The molecule has 29 heavy (non-hydrogen) atoms. The van der Waals surface area contributed by atoms with E-state index >= 15 is 0 Å². The van der Waals surface area contributed by atoms with Gasteiger partial charge in [-0.15, -0.1) is 0 Å². The van der Waals surface area contributed by atoms with E-state index in [1.54, 1.807) is 7.11 Å². The third kappa shape index (κ3) is 4.84. The summed E-state index contributed by atoms with van der Waals surface area (Å²) < 4.78 is 24.3. The number of nitrogens with zero attached hydrogens (tertiary/aromatic N) is 2. The number of rotatable bonds is 5.